The van der Waals surface area contributed by atoms with E-state index in [1.807, 2.05) is 0 Å². The van der Waals surface area contributed by atoms with Crippen LogP contribution in [0.5, 0.6) is 0 Å². The first-order valence-electron chi connectivity index (χ1n) is 5.75. The molecule has 1 aliphatic heterocycles. The number of hydrogen-bond acceptors (Lipinski definition) is 4. The number of carbonyl (C=O) groups excluding carboxylic acids is 2. The van der Waals surface area contributed by atoms with Crippen LogP contribution < -0.4 is 11.2 Å². The van der Waals surface area contributed by atoms with E-state index in [9.17, 15) is 9.59 Å². The lowest BCUT2D eigenvalue weighted by molar-refractivity contribution is 0.0570. The second-order valence-electron chi connectivity index (χ2n) is 3.77. The molecular weight excluding hydrogens is 242 g/mol. The smallest absolute Gasteiger partial charge is 0.419 e. The van der Waals surface area contributed by atoms with Gasteiger partial charge in [0, 0.05) is 6.61 Å². The Labute approximate surface area is 102 Å². The third kappa shape index (κ3) is 5.05. The zero-order chi connectivity index (χ0) is 12.7. The highest BCUT2D eigenvalue weighted by Gasteiger charge is 2.24. The van der Waals surface area contributed by atoms with Crippen LogP contribution in [0.3, 0.4) is 0 Å². The first-order valence-corrected chi connectivity index (χ1v) is 7.20. The lowest BCUT2D eigenvalue weighted by Gasteiger charge is -2.28. The van der Waals surface area contributed by atoms with Gasteiger partial charge < -0.3 is 15.2 Å². The highest BCUT2D eigenvalue weighted by Crippen LogP contribution is 2.12. The van der Waals surface area contributed by atoms with Crippen LogP contribution in [0.1, 0.15) is 26.2 Å². The summed E-state index contributed by atoms with van der Waals surface area (Å²) in [7, 11) is -1.11. The average molecular weight is 261 g/mol. The molecule has 17 heavy (non-hydrogen) atoms. The first kappa shape index (κ1) is 13.8. The monoisotopic (exact) mass is 261 g/mol. The molecule has 98 valence electrons. The minimum Gasteiger partial charge on any atom is -0.449 e. The minimum atomic E-state index is -1.11. The van der Waals surface area contributed by atoms with Crippen LogP contribution in [0.25, 0.3) is 0 Å². The van der Waals surface area contributed by atoms with Crippen molar-refractivity contribution < 1.29 is 19.1 Å². The summed E-state index contributed by atoms with van der Waals surface area (Å²) in [5, 5.41) is 0. The molecular formula is C9H19N3O4Si. The van der Waals surface area contributed by atoms with Crippen LogP contribution in [0.2, 0.25) is 0 Å². The summed E-state index contributed by atoms with van der Waals surface area (Å²) in [5.74, 6) is 0. The van der Waals surface area contributed by atoms with Gasteiger partial charge in [0.15, 0.2) is 9.68 Å². The zero-order valence-corrected chi connectivity index (χ0v) is 11.4. The molecule has 1 atom stereocenters. The van der Waals surface area contributed by atoms with Crippen LogP contribution in [0, 0.1) is 0 Å². The Kier molecular flexibility index (Phi) is 5.77. The number of ether oxygens (including phenoxy) is 2. The van der Waals surface area contributed by atoms with Crippen LogP contribution in [0.15, 0.2) is 0 Å². The van der Waals surface area contributed by atoms with Gasteiger partial charge in [-0.1, -0.05) is 0 Å². The summed E-state index contributed by atoms with van der Waals surface area (Å²) in [6.07, 6.45) is 2.49. The molecule has 1 heterocycles. The van der Waals surface area contributed by atoms with Crippen molar-refractivity contribution in [1.29, 1.82) is 0 Å². The van der Waals surface area contributed by atoms with Crippen molar-refractivity contribution in [2.45, 2.75) is 31.9 Å². The average Bonchev–Trinajstić information content (AvgIpc) is 2.29. The van der Waals surface area contributed by atoms with Crippen molar-refractivity contribution in [3.8, 4) is 0 Å². The second kappa shape index (κ2) is 7.12. The van der Waals surface area contributed by atoms with Crippen molar-refractivity contribution >= 4 is 21.8 Å². The van der Waals surface area contributed by atoms with Crippen molar-refractivity contribution in [3.05, 3.63) is 0 Å². The Bertz CT molecular complexity index is 271. The molecule has 0 aromatic heterocycles. The Morgan fingerprint density at radius 3 is 2.88 bits per heavy atom. The van der Waals surface area contributed by atoms with E-state index in [1.165, 1.54) is 4.67 Å². The van der Waals surface area contributed by atoms with Crippen LogP contribution in [-0.2, 0) is 9.47 Å². The van der Waals surface area contributed by atoms with Crippen LogP contribution in [-0.4, -0.2) is 45.4 Å². The van der Waals surface area contributed by atoms with Crippen molar-refractivity contribution in [1.82, 2.24) is 10.1 Å². The summed E-state index contributed by atoms with van der Waals surface area (Å²) in [5.41, 5.74) is 7.36. The molecule has 0 spiro atoms. The number of amides is 3. The molecule has 0 radical (unpaired) electrons. The Hall–Kier alpha value is -1.28. The second-order valence-corrected chi connectivity index (χ2v) is 5.68. The molecule has 0 aliphatic carbocycles. The van der Waals surface area contributed by atoms with Crippen LogP contribution in [0.4, 0.5) is 9.59 Å². The lowest BCUT2D eigenvalue weighted by atomic mass is 10.2. The molecule has 1 fully saturated rings. The molecule has 3 N–H and O–H groups in total. The molecule has 0 bridgehead atoms. The maximum Gasteiger partial charge on any atom is 0.419 e. The number of carbonyl (C=O) groups is 2. The SMILES string of the molecule is CCOC(=O)N(NC(N)=O)[SiH2]C1CCCCO1. The molecule has 1 aliphatic rings. The topological polar surface area (TPSA) is 93.9 Å². The molecule has 3 amide bonds. The summed E-state index contributed by atoms with van der Waals surface area (Å²) < 4.78 is 11.6. The number of hydrogen-bond donors (Lipinski definition) is 2. The van der Waals surface area contributed by atoms with E-state index in [-0.39, 0.29) is 12.3 Å². The molecule has 0 saturated carbocycles. The lowest BCUT2D eigenvalue weighted by Crippen LogP contribution is -2.54. The van der Waals surface area contributed by atoms with Gasteiger partial charge >= 0.3 is 12.1 Å². The predicted molar refractivity (Wildman–Crippen MR) is 63.7 cm³/mol. The molecule has 8 heteroatoms. The fraction of sp³-hybridized carbons (Fsp3) is 0.778. The van der Waals surface area contributed by atoms with E-state index in [0.717, 1.165) is 19.3 Å². The zero-order valence-electron chi connectivity index (χ0n) is 9.98. The minimum absolute atomic E-state index is 0.0556. The maximum atomic E-state index is 11.6. The summed E-state index contributed by atoms with van der Waals surface area (Å²) in [4.78, 5) is 22.4. The third-order valence-electron chi connectivity index (χ3n) is 2.39. The van der Waals surface area contributed by atoms with E-state index < -0.39 is 21.8 Å². The van der Waals surface area contributed by atoms with E-state index in [1.54, 1.807) is 6.92 Å². The highest BCUT2D eigenvalue weighted by molar-refractivity contribution is 6.38. The normalized spacial score (nSPS) is 20.2. The van der Waals surface area contributed by atoms with E-state index in [2.05, 4.69) is 5.43 Å². The van der Waals surface area contributed by atoms with Gasteiger partial charge in [-0.15, -0.1) is 0 Å². The number of nitrogens with two attached hydrogens (primary N) is 1. The van der Waals surface area contributed by atoms with E-state index >= 15 is 0 Å². The molecule has 1 unspecified atom stereocenters. The molecule has 0 aromatic carbocycles. The predicted octanol–water partition coefficient (Wildman–Crippen LogP) is -0.361. The first-order chi connectivity index (χ1) is 8.13. The number of hydrazine groups is 1. The molecule has 0 aromatic rings. The number of rotatable bonds is 3. The van der Waals surface area contributed by atoms with Gasteiger partial charge in [0.1, 0.15) is 0 Å². The number of primary amides is 1. The van der Waals surface area contributed by atoms with Gasteiger partial charge in [-0.05, 0) is 26.2 Å². The number of nitrogens with zero attached hydrogens (tertiary/aromatic N) is 1. The van der Waals surface area contributed by atoms with Gasteiger partial charge in [0.25, 0.3) is 0 Å². The maximum absolute atomic E-state index is 11.6. The van der Waals surface area contributed by atoms with Crippen molar-refractivity contribution in [2.75, 3.05) is 13.2 Å². The third-order valence-corrected chi connectivity index (χ3v) is 4.23. The Morgan fingerprint density at radius 1 is 1.59 bits per heavy atom. The Balaban J connectivity index is 2.49. The summed E-state index contributed by atoms with van der Waals surface area (Å²) in [6.45, 7) is 2.68. The number of urea groups is 1. The van der Waals surface area contributed by atoms with Crippen molar-refractivity contribution in [2.24, 2.45) is 5.73 Å². The highest BCUT2D eigenvalue weighted by atomic mass is 28.2. The van der Waals surface area contributed by atoms with Gasteiger partial charge in [0.05, 0.1) is 12.3 Å². The summed E-state index contributed by atoms with van der Waals surface area (Å²) in [6, 6.07) is -0.763. The van der Waals surface area contributed by atoms with Gasteiger partial charge in [-0.3, -0.25) is 10.1 Å². The fourth-order valence-electron chi connectivity index (χ4n) is 1.66. The number of nitrogens with one attached hydrogen (secondary N) is 1. The summed E-state index contributed by atoms with van der Waals surface area (Å²) >= 11 is 0. The van der Waals surface area contributed by atoms with Gasteiger partial charge in [-0.2, -0.15) is 0 Å². The standard InChI is InChI=1S/C9H19N3O4Si/c1-2-15-9(14)12(11-8(10)13)17-7-5-3-4-6-16-7/h7H,2-6,17H2,1H3,(H3,10,11,13). The van der Waals surface area contributed by atoms with Crippen molar-refractivity contribution in [3.63, 3.8) is 0 Å². The van der Waals surface area contributed by atoms with E-state index in [0.29, 0.717) is 6.61 Å². The molecule has 1 saturated heterocycles. The van der Waals surface area contributed by atoms with Crippen LogP contribution >= 0.6 is 0 Å². The molecule has 7 nitrogen and oxygen atoms in total. The van der Waals surface area contributed by atoms with Gasteiger partial charge in [0.2, 0.25) is 0 Å². The molecule has 1 rings (SSSR count). The largest absolute Gasteiger partial charge is 0.449 e. The fourth-order valence-corrected chi connectivity index (χ4v) is 3.29. The van der Waals surface area contributed by atoms with E-state index in [4.69, 9.17) is 15.2 Å². The Morgan fingerprint density at radius 2 is 2.35 bits per heavy atom. The quantitative estimate of drug-likeness (QED) is 0.536. The van der Waals surface area contributed by atoms with Gasteiger partial charge in [-0.25, -0.2) is 9.59 Å².